The Morgan fingerprint density at radius 3 is 1.64 bits per heavy atom. The van der Waals surface area contributed by atoms with Crippen molar-refractivity contribution in [1.29, 1.82) is 0 Å². The Morgan fingerprint density at radius 1 is 0.500 bits per heavy atom. The molecule has 0 N–H and O–H groups in total. The van der Waals surface area contributed by atoms with Crippen molar-refractivity contribution in [2.75, 3.05) is 16.3 Å². The van der Waals surface area contributed by atoms with Crippen LogP contribution in [-0.2, 0) is 0 Å². The Labute approximate surface area is 166 Å². The molecule has 1 heterocycles. The standard InChI is InChI=1S/C26H22N2/c1-4-12-21(13-5-1)26-20-27(22-14-6-2-7-15-22)24-18-10-11-19-25(24)28(26)23-16-8-3-9-17-23/h1-19,26H,20H2. The largest absolute Gasteiger partial charge is 0.337 e. The SMILES string of the molecule is c1ccc(C2CN(c3ccccc3)c3ccccc3N2c2ccccc2)cc1. The van der Waals surface area contributed by atoms with Crippen LogP contribution in [0.25, 0.3) is 0 Å². The van der Waals surface area contributed by atoms with Gasteiger partial charge in [-0.15, -0.1) is 0 Å². The third-order valence-corrected chi connectivity index (χ3v) is 5.39. The van der Waals surface area contributed by atoms with Gasteiger partial charge < -0.3 is 9.80 Å². The van der Waals surface area contributed by atoms with Crippen molar-refractivity contribution in [3.63, 3.8) is 0 Å². The van der Waals surface area contributed by atoms with Crippen molar-refractivity contribution >= 4 is 22.7 Å². The molecule has 5 rings (SSSR count). The highest BCUT2D eigenvalue weighted by molar-refractivity contribution is 5.84. The lowest BCUT2D eigenvalue weighted by atomic mass is 9.98. The van der Waals surface area contributed by atoms with Crippen molar-refractivity contribution in [2.24, 2.45) is 0 Å². The van der Waals surface area contributed by atoms with Crippen molar-refractivity contribution in [3.8, 4) is 0 Å². The van der Waals surface area contributed by atoms with Crippen LogP contribution in [0.3, 0.4) is 0 Å². The Bertz CT molecular complexity index is 1050. The summed E-state index contributed by atoms with van der Waals surface area (Å²) in [6, 6.07) is 41.1. The van der Waals surface area contributed by atoms with Gasteiger partial charge in [0.15, 0.2) is 0 Å². The van der Waals surface area contributed by atoms with E-state index >= 15 is 0 Å². The molecule has 1 unspecified atom stereocenters. The molecule has 1 aliphatic heterocycles. The minimum Gasteiger partial charge on any atom is -0.337 e. The fourth-order valence-corrected chi connectivity index (χ4v) is 4.11. The summed E-state index contributed by atoms with van der Waals surface area (Å²) < 4.78 is 0. The van der Waals surface area contributed by atoms with Gasteiger partial charge in [0.1, 0.15) is 0 Å². The van der Waals surface area contributed by atoms with Crippen LogP contribution in [0.5, 0.6) is 0 Å². The lowest BCUT2D eigenvalue weighted by Crippen LogP contribution is -2.39. The molecule has 0 amide bonds. The molecule has 2 nitrogen and oxygen atoms in total. The smallest absolute Gasteiger partial charge is 0.0771 e. The number of fused-ring (bicyclic) bond motifs is 1. The van der Waals surface area contributed by atoms with Crippen LogP contribution < -0.4 is 9.80 Å². The predicted octanol–water partition coefficient (Wildman–Crippen LogP) is 6.72. The summed E-state index contributed by atoms with van der Waals surface area (Å²) in [6.45, 7) is 0.889. The Balaban J connectivity index is 1.71. The highest BCUT2D eigenvalue weighted by Crippen LogP contribution is 2.47. The Kier molecular flexibility index (Phi) is 4.30. The molecule has 0 bridgehead atoms. The van der Waals surface area contributed by atoms with Gasteiger partial charge in [-0.1, -0.05) is 78.9 Å². The van der Waals surface area contributed by atoms with Crippen LogP contribution in [-0.4, -0.2) is 6.54 Å². The van der Waals surface area contributed by atoms with Crippen molar-refractivity contribution < 1.29 is 0 Å². The summed E-state index contributed by atoms with van der Waals surface area (Å²) in [7, 11) is 0. The molecule has 0 aromatic heterocycles. The lowest BCUT2D eigenvalue weighted by Gasteiger charge is -2.45. The van der Waals surface area contributed by atoms with E-state index in [0.29, 0.717) is 0 Å². The maximum Gasteiger partial charge on any atom is 0.0771 e. The zero-order valence-corrected chi connectivity index (χ0v) is 15.6. The van der Waals surface area contributed by atoms with Crippen LogP contribution in [0.2, 0.25) is 0 Å². The highest BCUT2D eigenvalue weighted by Gasteiger charge is 2.33. The number of hydrogen-bond donors (Lipinski definition) is 0. The summed E-state index contributed by atoms with van der Waals surface area (Å²) in [4.78, 5) is 4.91. The lowest BCUT2D eigenvalue weighted by molar-refractivity contribution is 0.671. The predicted molar refractivity (Wildman–Crippen MR) is 118 cm³/mol. The third-order valence-electron chi connectivity index (χ3n) is 5.39. The first-order chi connectivity index (χ1) is 13.9. The Morgan fingerprint density at radius 2 is 1.00 bits per heavy atom. The zero-order valence-electron chi connectivity index (χ0n) is 15.6. The van der Waals surface area contributed by atoms with E-state index in [4.69, 9.17) is 0 Å². The van der Waals surface area contributed by atoms with Crippen molar-refractivity contribution in [3.05, 3.63) is 121 Å². The van der Waals surface area contributed by atoms with Gasteiger partial charge in [-0.05, 0) is 42.0 Å². The van der Waals surface area contributed by atoms with Crippen LogP contribution in [0, 0.1) is 0 Å². The number of para-hydroxylation sites is 4. The normalized spacial score (nSPS) is 15.9. The average Bonchev–Trinajstić information content (AvgIpc) is 2.80. The van der Waals surface area contributed by atoms with Crippen molar-refractivity contribution in [1.82, 2.24) is 0 Å². The van der Waals surface area contributed by atoms with E-state index < -0.39 is 0 Å². The van der Waals surface area contributed by atoms with Gasteiger partial charge in [-0.2, -0.15) is 0 Å². The van der Waals surface area contributed by atoms with Crippen LogP contribution in [0.4, 0.5) is 22.7 Å². The van der Waals surface area contributed by atoms with Crippen LogP contribution >= 0.6 is 0 Å². The average molecular weight is 362 g/mol. The van der Waals surface area contributed by atoms with Gasteiger partial charge in [0.05, 0.1) is 17.4 Å². The van der Waals surface area contributed by atoms with Gasteiger partial charge in [0.2, 0.25) is 0 Å². The second-order valence-electron chi connectivity index (χ2n) is 7.07. The topological polar surface area (TPSA) is 6.48 Å². The first kappa shape index (κ1) is 16.6. The number of hydrogen-bond acceptors (Lipinski definition) is 2. The molecular weight excluding hydrogens is 340 g/mol. The Hall–Kier alpha value is -3.52. The molecule has 0 aliphatic carbocycles. The highest BCUT2D eigenvalue weighted by atomic mass is 15.3. The van der Waals surface area contributed by atoms with Gasteiger partial charge in [-0.3, -0.25) is 0 Å². The number of rotatable bonds is 3. The van der Waals surface area contributed by atoms with Crippen LogP contribution in [0.15, 0.2) is 115 Å². The fourth-order valence-electron chi connectivity index (χ4n) is 4.11. The van der Waals surface area contributed by atoms with Gasteiger partial charge >= 0.3 is 0 Å². The van der Waals surface area contributed by atoms with Gasteiger partial charge in [0, 0.05) is 17.9 Å². The van der Waals surface area contributed by atoms with E-state index in [9.17, 15) is 0 Å². The summed E-state index contributed by atoms with van der Waals surface area (Å²) in [5.41, 5.74) is 6.24. The van der Waals surface area contributed by atoms with E-state index in [2.05, 4.69) is 125 Å². The van der Waals surface area contributed by atoms with E-state index in [1.165, 1.54) is 28.3 Å². The quantitative estimate of drug-likeness (QED) is 0.399. The molecule has 4 aromatic rings. The number of nitrogens with zero attached hydrogens (tertiary/aromatic N) is 2. The summed E-state index contributed by atoms with van der Waals surface area (Å²) >= 11 is 0. The molecule has 4 aromatic carbocycles. The van der Waals surface area contributed by atoms with Gasteiger partial charge in [-0.25, -0.2) is 0 Å². The summed E-state index contributed by atoms with van der Waals surface area (Å²) in [5, 5.41) is 0. The van der Waals surface area contributed by atoms with E-state index in [1.54, 1.807) is 0 Å². The first-order valence-electron chi connectivity index (χ1n) is 9.73. The molecule has 0 saturated heterocycles. The molecule has 28 heavy (non-hydrogen) atoms. The maximum absolute atomic E-state index is 2.48. The molecule has 0 fully saturated rings. The maximum atomic E-state index is 2.48. The summed E-state index contributed by atoms with van der Waals surface area (Å²) in [5.74, 6) is 0. The van der Waals surface area contributed by atoms with E-state index in [-0.39, 0.29) is 6.04 Å². The fraction of sp³-hybridized carbons (Fsp3) is 0.0769. The first-order valence-corrected chi connectivity index (χ1v) is 9.73. The second kappa shape index (κ2) is 7.24. The van der Waals surface area contributed by atoms with Gasteiger partial charge in [0.25, 0.3) is 0 Å². The minimum atomic E-state index is 0.221. The minimum absolute atomic E-state index is 0.221. The molecule has 0 radical (unpaired) electrons. The molecule has 0 spiro atoms. The van der Waals surface area contributed by atoms with E-state index in [1.807, 2.05) is 0 Å². The van der Waals surface area contributed by atoms with E-state index in [0.717, 1.165) is 6.54 Å². The molecule has 136 valence electrons. The molecule has 2 heteroatoms. The molecule has 0 saturated carbocycles. The molecule has 1 atom stereocenters. The molecular formula is C26H22N2. The molecule has 1 aliphatic rings. The van der Waals surface area contributed by atoms with Crippen molar-refractivity contribution in [2.45, 2.75) is 6.04 Å². The second-order valence-corrected chi connectivity index (χ2v) is 7.07. The van der Waals surface area contributed by atoms with Crippen LogP contribution in [0.1, 0.15) is 11.6 Å². The third kappa shape index (κ3) is 2.93. The monoisotopic (exact) mass is 362 g/mol. The zero-order chi connectivity index (χ0) is 18.8. The number of benzene rings is 4. The number of anilines is 4. The summed E-state index contributed by atoms with van der Waals surface area (Å²) in [6.07, 6.45) is 0.